The van der Waals surface area contributed by atoms with Gasteiger partial charge in [-0.3, -0.25) is 4.79 Å². The van der Waals surface area contributed by atoms with Crippen LogP contribution < -0.4 is 10.2 Å². The predicted molar refractivity (Wildman–Crippen MR) is 87.6 cm³/mol. The van der Waals surface area contributed by atoms with Crippen LogP contribution in [-0.4, -0.2) is 20.0 Å². The van der Waals surface area contributed by atoms with Gasteiger partial charge in [0.05, 0.1) is 4.47 Å². The quantitative estimate of drug-likeness (QED) is 0.898. The topological polar surface area (TPSA) is 32.3 Å². The highest BCUT2D eigenvalue weighted by Gasteiger charge is 2.10. The summed E-state index contributed by atoms with van der Waals surface area (Å²) in [5.41, 5.74) is 3.18. The van der Waals surface area contributed by atoms with E-state index in [0.29, 0.717) is 5.56 Å². The van der Waals surface area contributed by atoms with Gasteiger partial charge in [0, 0.05) is 31.0 Å². The first-order valence-electron chi connectivity index (χ1n) is 6.43. The molecule has 0 aliphatic heterocycles. The number of amides is 1. The van der Waals surface area contributed by atoms with Crippen LogP contribution in [-0.2, 0) is 0 Å². The molecule has 0 saturated carbocycles. The van der Waals surface area contributed by atoms with Gasteiger partial charge in [0.2, 0.25) is 0 Å². The van der Waals surface area contributed by atoms with Crippen molar-refractivity contribution in [3.8, 4) is 0 Å². The fourth-order valence-electron chi connectivity index (χ4n) is 1.90. The molecular weight excluding hydrogens is 335 g/mol. The Morgan fingerprint density at radius 2 is 1.90 bits per heavy atom. The third-order valence-electron chi connectivity index (χ3n) is 3.16. The van der Waals surface area contributed by atoms with Crippen LogP contribution in [0, 0.1) is 12.7 Å². The Bertz CT molecular complexity index is 686. The van der Waals surface area contributed by atoms with Crippen LogP contribution in [0.1, 0.15) is 15.9 Å². The van der Waals surface area contributed by atoms with E-state index in [4.69, 9.17) is 0 Å². The first-order valence-corrected chi connectivity index (χ1v) is 7.22. The molecule has 0 aliphatic rings. The number of aryl methyl sites for hydroxylation is 1. The van der Waals surface area contributed by atoms with Crippen molar-refractivity contribution in [2.45, 2.75) is 6.92 Å². The summed E-state index contributed by atoms with van der Waals surface area (Å²) in [5.74, 6) is -0.658. The molecule has 1 amide bonds. The van der Waals surface area contributed by atoms with Crippen molar-refractivity contribution in [2.75, 3.05) is 24.3 Å². The zero-order chi connectivity index (χ0) is 15.6. The normalized spacial score (nSPS) is 10.3. The maximum Gasteiger partial charge on any atom is 0.255 e. The molecule has 110 valence electrons. The summed E-state index contributed by atoms with van der Waals surface area (Å²) >= 11 is 3.08. The summed E-state index contributed by atoms with van der Waals surface area (Å²) in [4.78, 5) is 14.2. The Kier molecular flexibility index (Phi) is 4.63. The molecule has 5 heteroatoms. The molecule has 2 aromatic carbocycles. The van der Waals surface area contributed by atoms with Gasteiger partial charge in [-0.15, -0.1) is 0 Å². The summed E-state index contributed by atoms with van der Waals surface area (Å²) in [6.07, 6.45) is 0. The third-order valence-corrected chi connectivity index (χ3v) is 3.76. The first-order chi connectivity index (χ1) is 9.88. The summed E-state index contributed by atoms with van der Waals surface area (Å²) < 4.78 is 13.5. The Labute approximate surface area is 131 Å². The SMILES string of the molecule is Cc1cc(N(C)C)ccc1NC(=O)c1ccc(F)c(Br)c1. The molecule has 0 spiro atoms. The maximum atomic E-state index is 13.2. The Morgan fingerprint density at radius 1 is 1.19 bits per heavy atom. The summed E-state index contributed by atoms with van der Waals surface area (Å²) in [6, 6.07) is 9.98. The van der Waals surface area contributed by atoms with E-state index >= 15 is 0 Å². The number of halogens is 2. The van der Waals surface area contributed by atoms with Gasteiger partial charge in [0.15, 0.2) is 0 Å². The van der Waals surface area contributed by atoms with Crippen molar-refractivity contribution in [1.29, 1.82) is 0 Å². The molecule has 0 aliphatic carbocycles. The lowest BCUT2D eigenvalue weighted by atomic mass is 10.1. The van der Waals surface area contributed by atoms with E-state index in [9.17, 15) is 9.18 Å². The van der Waals surface area contributed by atoms with Crippen LogP contribution in [0.3, 0.4) is 0 Å². The van der Waals surface area contributed by atoms with Gasteiger partial charge in [-0.25, -0.2) is 4.39 Å². The highest BCUT2D eigenvalue weighted by Crippen LogP contribution is 2.23. The number of hydrogen-bond acceptors (Lipinski definition) is 2. The van der Waals surface area contributed by atoms with Crippen molar-refractivity contribution < 1.29 is 9.18 Å². The maximum absolute atomic E-state index is 13.2. The van der Waals surface area contributed by atoms with E-state index in [0.717, 1.165) is 16.9 Å². The highest BCUT2D eigenvalue weighted by atomic mass is 79.9. The van der Waals surface area contributed by atoms with E-state index in [-0.39, 0.29) is 10.4 Å². The first kappa shape index (κ1) is 15.5. The largest absolute Gasteiger partial charge is 0.378 e. The third kappa shape index (κ3) is 3.61. The van der Waals surface area contributed by atoms with E-state index in [1.54, 1.807) is 0 Å². The van der Waals surface area contributed by atoms with Gasteiger partial charge in [0.25, 0.3) is 5.91 Å². The van der Waals surface area contributed by atoms with Crippen molar-refractivity contribution in [1.82, 2.24) is 0 Å². The molecule has 2 rings (SSSR count). The summed E-state index contributed by atoms with van der Waals surface area (Å²) in [5, 5.41) is 2.84. The van der Waals surface area contributed by atoms with E-state index in [2.05, 4.69) is 21.2 Å². The number of anilines is 2. The zero-order valence-electron chi connectivity index (χ0n) is 12.1. The molecule has 1 N–H and O–H groups in total. The number of carbonyl (C=O) groups excluding carboxylic acids is 1. The van der Waals surface area contributed by atoms with Gasteiger partial charge < -0.3 is 10.2 Å². The van der Waals surface area contributed by atoms with Crippen LogP contribution >= 0.6 is 15.9 Å². The molecule has 0 aromatic heterocycles. The van der Waals surface area contributed by atoms with Gasteiger partial charge in [0.1, 0.15) is 5.82 Å². The Balaban J connectivity index is 2.21. The lowest BCUT2D eigenvalue weighted by Gasteiger charge is -2.15. The molecule has 21 heavy (non-hydrogen) atoms. The Morgan fingerprint density at radius 3 is 2.48 bits per heavy atom. The Hall–Kier alpha value is -1.88. The average Bonchev–Trinajstić information content (AvgIpc) is 2.43. The lowest BCUT2D eigenvalue weighted by molar-refractivity contribution is 0.102. The molecule has 0 unspecified atom stereocenters. The van der Waals surface area contributed by atoms with E-state index in [1.165, 1.54) is 18.2 Å². The highest BCUT2D eigenvalue weighted by molar-refractivity contribution is 9.10. The predicted octanol–water partition coefficient (Wildman–Crippen LogP) is 4.21. The second kappa shape index (κ2) is 6.26. The monoisotopic (exact) mass is 350 g/mol. The van der Waals surface area contributed by atoms with Crippen molar-refractivity contribution >= 4 is 33.2 Å². The molecule has 0 fully saturated rings. The smallest absolute Gasteiger partial charge is 0.255 e. The van der Waals surface area contributed by atoms with Gasteiger partial charge in [-0.05, 0) is 64.8 Å². The fraction of sp³-hybridized carbons (Fsp3) is 0.188. The fourth-order valence-corrected chi connectivity index (χ4v) is 2.28. The molecule has 0 radical (unpaired) electrons. The number of nitrogens with zero attached hydrogens (tertiary/aromatic N) is 1. The summed E-state index contributed by atoms with van der Waals surface area (Å²) in [7, 11) is 3.92. The second-order valence-electron chi connectivity index (χ2n) is 4.98. The molecule has 0 heterocycles. The van der Waals surface area contributed by atoms with Crippen LogP contribution in [0.5, 0.6) is 0 Å². The molecule has 0 bridgehead atoms. The standard InChI is InChI=1S/C16H16BrFN2O/c1-10-8-12(20(2)3)5-7-15(10)19-16(21)11-4-6-14(18)13(17)9-11/h4-9H,1-3H3,(H,19,21). The van der Waals surface area contributed by atoms with Crippen molar-refractivity contribution in [3.05, 3.63) is 57.8 Å². The van der Waals surface area contributed by atoms with Gasteiger partial charge in [-0.2, -0.15) is 0 Å². The minimum Gasteiger partial charge on any atom is -0.378 e. The number of benzene rings is 2. The van der Waals surface area contributed by atoms with Crippen LogP contribution in [0.15, 0.2) is 40.9 Å². The van der Waals surface area contributed by atoms with Crippen LogP contribution in [0.2, 0.25) is 0 Å². The minimum atomic E-state index is -0.391. The van der Waals surface area contributed by atoms with Gasteiger partial charge >= 0.3 is 0 Å². The molecule has 2 aromatic rings. The minimum absolute atomic E-state index is 0.267. The zero-order valence-corrected chi connectivity index (χ0v) is 13.7. The molecule has 3 nitrogen and oxygen atoms in total. The average molecular weight is 351 g/mol. The van der Waals surface area contributed by atoms with Crippen molar-refractivity contribution in [2.24, 2.45) is 0 Å². The number of hydrogen-bond donors (Lipinski definition) is 1. The molecule has 0 atom stereocenters. The molecule has 0 saturated heterocycles. The van der Waals surface area contributed by atoms with Crippen LogP contribution in [0.25, 0.3) is 0 Å². The van der Waals surface area contributed by atoms with E-state index in [1.807, 2.05) is 44.1 Å². The van der Waals surface area contributed by atoms with Crippen molar-refractivity contribution in [3.63, 3.8) is 0 Å². The van der Waals surface area contributed by atoms with E-state index < -0.39 is 5.82 Å². The number of nitrogens with one attached hydrogen (secondary N) is 1. The second-order valence-corrected chi connectivity index (χ2v) is 5.83. The van der Waals surface area contributed by atoms with Crippen LogP contribution in [0.4, 0.5) is 15.8 Å². The molecular formula is C16H16BrFN2O. The number of rotatable bonds is 3. The summed E-state index contributed by atoms with van der Waals surface area (Å²) in [6.45, 7) is 1.93. The lowest BCUT2D eigenvalue weighted by Crippen LogP contribution is -2.14. The number of carbonyl (C=O) groups is 1. The van der Waals surface area contributed by atoms with Gasteiger partial charge in [-0.1, -0.05) is 0 Å².